The largest absolute Gasteiger partial charge is 0.348 e. The van der Waals surface area contributed by atoms with Crippen molar-refractivity contribution in [3.63, 3.8) is 0 Å². The Balaban J connectivity index is 2.06. The van der Waals surface area contributed by atoms with Gasteiger partial charge in [0, 0.05) is 17.7 Å². The standard InChI is InChI=1S/C10H13N5O/c16-10-14-8(7-1-3-11-4-2-7)5-9-12-6-13-15(9)10/h5-7,11H,1-4H2,(H,14,16). The molecule has 3 rings (SSSR count). The van der Waals surface area contributed by atoms with Crippen molar-refractivity contribution in [2.45, 2.75) is 18.8 Å². The number of rotatable bonds is 1. The van der Waals surface area contributed by atoms with Crippen LogP contribution in [0.1, 0.15) is 24.5 Å². The van der Waals surface area contributed by atoms with Crippen LogP contribution in [0.25, 0.3) is 5.65 Å². The molecule has 2 aromatic heterocycles. The first kappa shape index (κ1) is 9.53. The lowest BCUT2D eigenvalue weighted by Crippen LogP contribution is -2.29. The fourth-order valence-electron chi connectivity index (χ4n) is 2.21. The number of nitrogens with zero attached hydrogens (tertiary/aromatic N) is 3. The lowest BCUT2D eigenvalue weighted by atomic mass is 9.94. The summed E-state index contributed by atoms with van der Waals surface area (Å²) in [5.74, 6) is 0.427. The van der Waals surface area contributed by atoms with E-state index in [1.165, 1.54) is 10.8 Å². The van der Waals surface area contributed by atoms with Crippen molar-refractivity contribution in [3.8, 4) is 0 Å². The molecule has 6 nitrogen and oxygen atoms in total. The van der Waals surface area contributed by atoms with Gasteiger partial charge in [-0.2, -0.15) is 9.61 Å². The number of piperidine rings is 1. The molecule has 1 aliphatic rings. The summed E-state index contributed by atoms with van der Waals surface area (Å²) in [6, 6.07) is 1.92. The third-order valence-electron chi connectivity index (χ3n) is 3.08. The Morgan fingerprint density at radius 3 is 3.00 bits per heavy atom. The van der Waals surface area contributed by atoms with Crippen molar-refractivity contribution in [2.24, 2.45) is 0 Å². The summed E-state index contributed by atoms with van der Waals surface area (Å²) in [6.45, 7) is 2.01. The molecule has 1 saturated heterocycles. The van der Waals surface area contributed by atoms with Crippen molar-refractivity contribution in [2.75, 3.05) is 13.1 Å². The fraction of sp³-hybridized carbons (Fsp3) is 0.500. The number of aromatic amines is 1. The Morgan fingerprint density at radius 2 is 2.19 bits per heavy atom. The van der Waals surface area contributed by atoms with Gasteiger partial charge in [0.15, 0.2) is 5.65 Å². The summed E-state index contributed by atoms with van der Waals surface area (Å²) in [4.78, 5) is 18.6. The van der Waals surface area contributed by atoms with E-state index in [-0.39, 0.29) is 5.69 Å². The molecular weight excluding hydrogens is 206 g/mol. The predicted molar refractivity (Wildman–Crippen MR) is 58.5 cm³/mol. The Bertz CT molecular complexity index is 552. The molecule has 3 heterocycles. The van der Waals surface area contributed by atoms with Gasteiger partial charge < -0.3 is 10.3 Å². The van der Waals surface area contributed by atoms with Gasteiger partial charge >= 0.3 is 5.69 Å². The Hall–Kier alpha value is -1.69. The maximum atomic E-state index is 11.7. The van der Waals surface area contributed by atoms with Crippen LogP contribution in [0.2, 0.25) is 0 Å². The second-order valence-electron chi connectivity index (χ2n) is 4.08. The Kier molecular flexibility index (Phi) is 2.21. The third-order valence-corrected chi connectivity index (χ3v) is 3.08. The molecule has 0 unspecified atom stereocenters. The van der Waals surface area contributed by atoms with Gasteiger partial charge in [-0.15, -0.1) is 0 Å². The van der Waals surface area contributed by atoms with Crippen molar-refractivity contribution >= 4 is 5.65 Å². The minimum atomic E-state index is -0.205. The van der Waals surface area contributed by atoms with Crippen molar-refractivity contribution < 1.29 is 0 Å². The minimum absolute atomic E-state index is 0.205. The molecule has 0 saturated carbocycles. The van der Waals surface area contributed by atoms with Crippen molar-refractivity contribution in [1.29, 1.82) is 0 Å². The van der Waals surface area contributed by atoms with E-state index in [2.05, 4.69) is 20.4 Å². The summed E-state index contributed by atoms with van der Waals surface area (Å²) in [7, 11) is 0. The van der Waals surface area contributed by atoms with Gasteiger partial charge in [-0.1, -0.05) is 0 Å². The second kappa shape index (κ2) is 3.71. The molecule has 0 aliphatic carbocycles. The highest BCUT2D eigenvalue weighted by Crippen LogP contribution is 2.22. The van der Waals surface area contributed by atoms with Crippen LogP contribution >= 0.6 is 0 Å². The van der Waals surface area contributed by atoms with E-state index >= 15 is 0 Å². The molecule has 0 atom stereocenters. The summed E-state index contributed by atoms with van der Waals surface area (Å²) >= 11 is 0. The van der Waals surface area contributed by atoms with Crippen LogP contribution in [0.15, 0.2) is 17.2 Å². The predicted octanol–water partition coefficient (Wildman–Crippen LogP) is -0.115. The molecule has 0 radical (unpaired) electrons. The van der Waals surface area contributed by atoms with Gasteiger partial charge in [0.2, 0.25) is 0 Å². The average molecular weight is 219 g/mol. The normalized spacial score (nSPS) is 18.0. The first-order valence-corrected chi connectivity index (χ1v) is 5.48. The molecular formula is C10H13N5O. The van der Waals surface area contributed by atoms with Crippen LogP contribution in [-0.4, -0.2) is 32.7 Å². The zero-order chi connectivity index (χ0) is 11.0. The van der Waals surface area contributed by atoms with E-state index in [0.29, 0.717) is 11.6 Å². The molecule has 1 fully saturated rings. The summed E-state index contributed by atoms with van der Waals surface area (Å²) in [5, 5.41) is 7.16. The summed E-state index contributed by atoms with van der Waals surface area (Å²) < 4.78 is 1.28. The monoisotopic (exact) mass is 219 g/mol. The van der Waals surface area contributed by atoms with Gasteiger partial charge in [-0.3, -0.25) is 0 Å². The first-order chi connectivity index (χ1) is 7.84. The van der Waals surface area contributed by atoms with Gasteiger partial charge in [0.25, 0.3) is 0 Å². The van der Waals surface area contributed by atoms with E-state index in [0.717, 1.165) is 31.6 Å². The average Bonchev–Trinajstić information content (AvgIpc) is 2.79. The number of nitrogens with one attached hydrogen (secondary N) is 2. The van der Waals surface area contributed by atoms with Crippen LogP contribution in [-0.2, 0) is 0 Å². The van der Waals surface area contributed by atoms with E-state index < -0.39 is 0 Å². The van der Waals surface area contributed by atoms with Crippen LogP contribution in [0.4, 0.5) is 0 Å². The molecule has 1 aliphatic heterocycles. The molecule has 2 N–H and O–H groups in total. The Labute approximate surface area is 91.7 Å². The van der Waals surface area contributed by atoms with Crippen LogP contribution < -0.4 is 11.0 Å². The van der Waals surface area contributed by atoms with Gasteiger partial charge in [-0.25, -0.2) is 9.78 Å². The number of aromatic nitrogens is 4. The van der Waals surface area contributed by atoms with Crippen LogP contribution in [0, 0.1) is 0 Å². The smallest absolute Gasteiger partial charge is 0.317 e. The highest BCUT2D eigenvalue weighted by atomic mass is 16.1. The molecule has 16 heavy (non-hydrogen) atoms. The molecule has 0 amide bonds. The zero-order valence-corrected chi connectivity index (χ0v) is 8.81. The molecule has 84 valence electrons. The fourth-order valence-corrected chi connectivity index (χ4v) is 2.21. The topological polar surface area (TPSA) is 75.1 Å². The molecule has 6 heteroatoms. The summed E-state index contributed by atoms with van der Waals surface area (Å²) in [6.07, 6.45) is 3.51. The quantitative estimate of drug-likeness (QED) is 0.701. The van der Waals surface area contributed by atoms with E-state index in [1.807, 2.05) is 6.07 Å². The minimum Gasteiger partial charge on any atom is -0.317 e. The summed E-state index contributed by atoms with van der Waals surface area (Å²) in [5.41, 5.74) is 1.40. The van der Waals surface area contributed by atoms with Gasteiger partial charge in [-0.05, 0) is 25.9 Å². The van der Waals surface area contributed by atoms with Crippen LogP contribution in [0.5, 0.6) is 0 Å². The first-order valence-electron chi connectivity index (χ1n) is 5.48. The molecule has 0 bridgehead atoms. The molecule has 0 spiro atoms. The maximum absolute atomic E-state index is 11.7. The van der Waals surface area contributed by atoms with E-state index in [9.17, 15) is 4.79 Å². The van der Waals surface area contributed by atoms with E-state index in [4.69, 9.17) is 0 Å². The zero-order valence-electron chi connectivity index (χ0n) is 8.81. The van der Waals surface area contributed by atoms with Gasteiger partial charge in [0.1, 0.15) is 6.33 Å². The number of hydrogen-bond acceptors (Lipinski definition) is 4. The number of hydrogen-bond donors (Lipinski definition) is 2. The highest BCUT2D eigenvalue weighted by Gasteiger charge is 2.17. The second-order valence-corrected chi connectivity index (χ2v) is 4.08. The Morgan fingerprint density at radius 1 is 1.38 bits per heavy atom. The van der Waals surface area contributed by atoms with Gasteiger partial charge in [0.05, 0.1) is 0 Å². The third kappa shape index (κ3) is 1.51. The molecule has 0 aromatic carbocycles. The van der Waals surface area contributed by atoms with E-state index in [1.54, 1.807) is 0 Å². The number of H-pyrrole nitrogens is 1. The van der Waals surface area contributed by atoms with Crippen molar-refractivity contribution in [1.82, 2.24) is 24.9 Å². The lowest BCUT2D eigenvalue weighted by Gasteiger charge is -2.22. The van der Waals surface area contributed by atoms with Crippen molar-refractivity contribution in [3.05, 3.63) is 28.6 Å². The van der Waals surface area contributed by atoms with Crippen LogP contribution in [0.3, 0.4) is 0 Å². The maximum Gasteiger partial charge on any atom is 0.348 e. The highest BCUT2D eigenvalue weighted by molar-refractivity contribution is 5.37. The number of fused-ring (bicyclic) bond motifs is 1. The lowest BCUT2D eigenvalue weighted by molar-refractivity contribution is 0.451. The molecule has 2 aromatic rings. The SMILES string of the molecule is O=c1[nH]c(C2CCNCC2)cc2ncnn12.